The maximum Gasteiger partial charge on any atom is 0.0484 e. The molecule has 2 aliphatic rings. The number of benzene rings is 1. The largest absolute Gasteiger partial charge is 0.322 e. The van der Waals surface area contributed by atoms with E-state index in [0.29, 0.717) is 0 Å². The molecule has 2 saturated carbocycles. The summed E-state index contributed by atoms with van der Waals surface area (Å²) in [4.78, 5) is 2.41. The lowest BCUT2D eigenvalue weighted by atomic mass is 9.70. The van der Waals surface area contributed by atoms with Gasteiger partial charge in [0.1, 0.15) is 0 Å². The van der Waals surface area contributed by atoms with E-state index in [9.17, 15) is 0 Å². The van der Waals surface area contributed by atoms with Crippen molar-refractivity contribution in [3.05, 3.63) is 35.4 Å². The molecule has 0 radical (unpaired) electrons. The van der Waals surface area contributed by atoms with Crippen LogP contribution in [-0.4, -0.2) is 24.5 Å². The van der Waals surface area contributed by atoms with E-state index in [1.807, 2.05) is 0 Å². The van der Waals surface area contributed by atoms with E-state index in [-0.39, 0.29) is 11.6 Å². The highest BCUT2D eigenvalue weighted by Crippen LogP contribution is 2.45. The zero-order valence-electron chi connectivity index (χ0n) is 13.6. The van der Waals surface area contributed by atoms with Gasteiger partial charge >= 0.3 is 0 Å². The first-order chi connectivity index (χ1) is 10.1. The molecule has 3 rings (SSSR count). The number of likely N-dealkylation sites (N-methyl/N-ethyl adjacent to an activating group) is 1. The van der Waals surface area contributed by atoms with Crippen LogP contribution in [0.5, 0.6) is 0 Å². The van der Waals surface area contributed by atoms with Crippen molar-refractivity contribution in [1.82, 2.24) is 4.90 Å². The van der Waals surface area contributed by atoms with Gasteiger partial charge in [-0.05, 0) is 56.8 Å². The molecule has 2 aliphatic carbocycles. The van der Waals surface area contributed by atoms with Gasteiger partial charge in [-0.2, -0.15) is 0 Å². The van der Waals surface area contributed by atoms with Gasteiger partial charge in [0.25, 0.3) is 0 Å². The van der Waals surface area contributed by atoms with Crippen LogP contribution in [0.3, 0.4) is 0 Å². The summed E-state index contributed by atoms with van der Waals surface area (Å²) >= 11 is 0. The Balaban J connectivity index is 1.94. The van der Waals surface area contributed by atoms with Crippen LogP contribution < -0.4 is 5.73 Å². The lowest BCUT2D eigenvalue weighted by Crippen LogP contribution is -2.53. The molecule has 1 atom stereocenters. The molecular weight excluding hydrogens is 256 g/mol. The van der Waals surface area contributed by atoms with E-state index in [1.54, 1.807) is 0 Å². The Hall–Kier alpha value is -0.860. The topological polar surface area (TPSA) is 29.3 Å². The predicted molar refractivity (Wildman–Crippen MR) is 89.5 cm³/mol. The van der Waals surface area contributed by atoms with E-state index >= 15 is 0 Å². The van der Waals surface area contributed by atoms with Crippen LogP contribution >= 0.6 is 0 Å². The summed E-state index contributed by atoms with van der Waals surface area (Å²) in [5.41, 5.74) is 9.98. The Kier molecular flexibility index (Phi) is 4.37. The van der Waals surface area contributed by atoms with Gasteiger partial charge in [-0.15, -0.1) is 0 Å². The van der Waals surface area contributed by atoms with Crippen LogP contribution in [0.2, 0.25) is 0 Å². The summed E-state index contributed by atoms with van der Waals surface area (Å²) in [6, 6.07) is 9.12. The van der Waals surface area contributed by atoms with Gasteiger partial charge in [-0.25, -0.2) is 0 Å². The minimum atomic E-state index is 0.143. The van der Waals surface area contributed by atoms with E-state index in [2.05, 4.69) is 43.3 Å². The lowest BCUT2D eigenvalue weighted by molar-refractivity contribution is 0.0707. The molecule has 2 N–H and O–H groups in total. The van der Waals surface area contributed by atoms with Gasteiger partial charge in [0, 0.05) is 11.6 Å². The molecule has 21 heavy (non-hydrogen) atoms. The summed E-state index contributed by atoms with van der Waals surface area (Å²) in [6.45, 7) is 0. The quantitative estimate of drug-likeness (QED) is 0.898. The summed E-state index contributed by atoms with van der Waals surface area (Å²) in [5, 5.41) is 0. The third-order valence-corrected chi connectivity index (χ3v) is 6.07. The third kappa shape index (κ3) is 2.64. The summed E-state index contributed by atoms with van der Waals surface area (Å²) in [7, 11) is 4.44. The average molecular weight is 286 g/mol. The van der Waals surface area contributed by atoms with Crippen LogP contribution in [0.25, 0.3) is 0 Å². The maximum absolute atomic E-state index is 6.88. The fourth-order valence-corrected chi connectivity index (χ4v) is 4.38. The molecule has 1 aromatic carbocycles. The minimum Gasteiger partial charge on any atom is -0.322 e. The molecule has 0 heterocycles. The Bertz CT molecular complexity index is 470. The molecule has 1 aromatic rings. The monoisotopic (exact) mass is 286 g/mol. The molecule has 2 nitrogen and oxygen atoms in total. The van der Waals surface area contributed by atoms with Crippen molar-refractivity contribution in [2.75, 3.05) is 14.1 Å². The van der Waals surface area contributed by atoms with E-state index in [0.717, 1.165) is 5.92 Å². The second-order valence-corrected chi connectivity index (χ2v) is 7.29. The normalized spacial score (nSPS) is 23.8. The van der Waals surface area contributed by atoms with Gasteiger partial charge in [0.15, 0.2) is 0 Å². The fraction of sp³-hybridized carbons (Fsp3) is 0.684. The van der Waals surface area contributed by atoms with Crippen molar-refractivity contribution < 1.29 is 0 Å². The average Bonchev–Trinajstić information content (AvgIpc) is 2.46. The van der Waals surface area contributed by atoms with Gasteiger partial charge in [-0.3, -0.25) is 0 Å². The van der Waals surface area contributed by atoms with Crippen molar-refractivity contribution in [1.29, 1.82) is 0 Å². The number of hydrogen-bond acceptors (Lipinski definition) is 2. The highest BCUT2D eigenvalue weighted by molar-refractivity contribution is 5.36. The molecule has 116 valence electrons. The van der Waals surface area contributed by atoms with Crippen LogP contribution in [0.1, 0.15) is 74.5 Å². The second kappa shape index (κ2) is 6.10. The second-order valence-electron chi connectivity index (χ2n) is 7.29. The van der Waals surface area contributed by atoms with Gasteiger partial charge in [0.05, 0.1) is 0 Å². The fourth-order valence-electron chi connectivity index (χ4n) is 4.38. The SMILES string of the molecule is CN(C)C1(C(N)c2ccccc2C2CCC2)CCCCC1. The highest BCUT2D eigenvalue weighted by Gasteiger charge is 2.41. The zero-order chi connectivity index (χ0) is 14.9. The molecule has 0 saturated heterocycles. The lowest BCUT2D eigenvalue weighted by Gasteiger charge is -2.48. The third-order valence-electron chi connectivity index (χ3n) is 6.07. The molecule has 0 spiro atoms. The van der Waals surface area contributed by atoms with Crippen molar-refractivity contribution in [3.63, 3.8) is 0 Å². The molecule has 0 aliphatic heterocycles. The minimum absolute atomic E-state index is 0.143. The molecule has 2 heteroatoms. The molecule has 0 bridgehead atoms. The van der Waals surface area contributed by atoms with Gasteiger partial charge < -0.3 is 10.6 Å². The Morgan fingerprint density at radius 1 is 1.05 bits per heavy atom. The van der Waals surface area contributed by atoms with E-state index < -0.39 is 0 Å². The first kappa shape index (κ1) is 15.1. The van der Waals surface area contributed by atoms with E-state index in [1.165, 1.54) is 62.5 Å². The Labute approximate surface area is 129 Å². The first-order valence-electron chi connectivity index (χ1n) is 8.67. The number of nitrogens with zero attached hydrogens (tertiary/aromatic N) is 1. The number of hydrogen-bond donors (Lipinski definition) is 1. The number of nitrogens with two attached hydrogens (primary N) is 1. The summed E-state index contributed by atoms with van der Waals surface area (Å²) in [5.74, 6) is 0.759. The highest BCUT2D eigenvalue weighted by atomic mass is 15.2. The molecule has 1 unspecified atom stereocenters. The van der Waals surface area contributed by atoms with Gasteiger partial charge in [0.2, 0.25) is 0 Å². The molecule has 0 amide bonds. The first-order valence-corrected chi connectivity index (χ1v) is 8.67. The van der Waals surface area contributed by atoms with Crippen LogP contribution in [-0.2, 0) is 0 Å². The molecule has 0 aromatic heterocycles. The van der Waals surface area contributed by atoms with Crippen LogP contribution in [0.15, 0.2) is 24.3 Å². The molecular formula is C19H30N2. The van der Waals surface area contributed by atoms with Crippen molar-refractivity contribution in [3.8, 4) is 0 Å². The standard InChI is InChI=1S/C19H30N2/c1-21(2)19(13-6-3-7-14-19)18(20)17-12-5-4-11-16(17)15-9-8-10-15/h4-5,11-12,15,18H,3,6-10,13-14,20H2,1-2H3. The van der Waals surface area contributed by atoms with E-state index in [4.69, 9.17) is 5.73 Å². The van der Waals surface area contributed by atoms with Crippen LogP contribution in [0, 0.1) is 0 Å². The predicted octanol–water partition coefficient (Wildman–Crippen LogP) is 4.22. The maximum atomic E-state index is 6.88. The zero-order valence-corrected chi connectivity index (χ0v) is 13.6. The van der Waals surface area contributed by atoms with Crippen molar-refractivity contribution in [2.45, 2.75) is 68.9 Å². The number of rotatable bonds is 4. The van der Waals surface area contributed by atoms with Crippen LogP contribution in [0.4, 0.5) is 0 Å². The Morgan fingerprint density at radius 2 is 1.71 bits per heavy atom. The van der Waals surface area contributed by atoms with Gasteiger partial charge in [-0.1, -0.05) is 49.9 Å². The van der Waals surface area contributed by atoms with Crippen molar-refractivity contribution >= 4 is 0 Å². The molecule has 2 fully saturated rings. The summed E-state index contributed by atoms with van der Waals surface area (Å²) < 4.78 is 0. The smallest absolute Gasteiger partial charge is 0.0484 e. The van der Waals surface area contributed by atoms with Crippen molar-refractivity contribution in [2.24, 2.45) is 5.73 Å². The Morgan fingerprint density at radius 3 is 2.29 bits per heavy atom. The summed E-state index contributed by atoms with van der Waals surface area (Å²) in [6.07, 6.45) is 10.5.